The maximum absolute atomic E-state index is 6.28. The van der Waals surface area contributed by atoms with Crippen LogP contribution in [0.3, 0.4) is 0 Å². The molecule has 18 heavy (non-hydrogen) atoms. The fraction of sp³-hybridized carbons (Fsp3) is 0.600. The molecule has 0 saturated heterocycles. The quantitative estimate of drug-likeness (QED) is 0.825. The number of hydrogen-bond acceptors (Lipinski definition) is 2. The van der Waals surface area contributed by atoms with E-state index in [4.69, 9.17) is 5.73 Å². The van der Waals surface area contributed by atoms with Gasteiger partial charge in [0.25, 0.3) is 0 Å². The van der Waals surface area contributed by atoms with Gasteiger partial charge in [0.05, 0.1) is 0 Å². The minimum atomic E-state index is 0.110. The van der Waals surface area contributed by atoms with Crippen LogP contribution in [0.4, 0.5) is 0 Å². The molecule has 0 aliphatic rings. The SMILES string of the molecule is CCCN(CCC(N)c1ccccc1Br)C(C)C. The molecular weight excluding hydrogens is 288 g/mol. The van der Waals surface area contributed by atoms with E-state index in [1.165, 1.54) is 12.0 Å². The Hall–Kier alpha value is -0.380. The van der Waals surface area contributed by atoms with Crippen molar-refractivity contribution in [2.75, 3.05) is 13.1 Å². The first-order valence-corrected chi connectivity index (χ1v) is 7.59. The highest BCUT2D eigenvalue weighted by molar-refractivity contribution is 9.10. The Balaban J connectivity index is 2.54. The normalized spacial score (nSPS) is 13.3. The Morgan fingerprint density at radius 3 is 2.44 bits per heavy atom. The number of nitrogens with zero attached hydrogens (tertiary/aromatic N) is 1. The molecule has 2 nitrogen and oxygen atoms in total. The second kappa shape index (κ2) is 7.93. The molecule has 1 aromatic rings. The topological polar surface area (TPSA) is 29.3 Å². The van der Waals surface area contributed by atoms with Crippen molar-refractivity contribution < 1.29 is 0 Å². The summed E-state index contributed by atoms with van der Waals surface area (Å²) in [5.41, 5.74) is 7.49. The Morgan fingerprint density at radius 2 is 1.89 bits per heavy atom. The molecule has 0 amide bonds. The lowest BCUT2D eigenvalue weighted by atomic mass is 10.0. The molecule has 0 bridgehead atoms. The van der Waals surface area contributed by atoms with Crippen molar-refractivity contribution in [3.63, 3.8) is 0 Å². The molecular formula is C15H25BrN2. The number of hydrogen-bond donors (Lipinski definition) is 1. The van der Waals surface area contributed by atoms with E-state index in [1.807, 2.05) is 12.1 Å². The van der Waals surface area contributed by atoms with Crippen LogP contribution in [0, 0.1) is 0 Å². The monoisotopic (exact) mass is 312 g/mol. The van der Waals surface area contributed by atoms with E-state index in [1.54, 1.807) is 0 Å². The molecule has 0 aliphatic heterocycles. The average molecular weight is 313 g/mol. The molecule has 2 N–H and O–H groups in total. The predicted octanol–water partition coefficient (Wildman–Crippen LogP) is 3.96. The van der Waals surface area contributed by atoms with Gasteiger partial charge >= 0.3 is 0 Å². The fourth-order valence-corrected chi connectivity index (χ4v) is 2.73. The Morgan fingerprint density at radius 1 is 1.22 bits per heavy atom. The van der Waals surface area contributed by atoms with Gasteiger partial charge in [-0.3, -0.25) is 0 Å². The fourth-order valence-electron chi connectivity index (χ4n) is 2.15. The molecule has 0 aliphatic carbocycles. The van der Waals surface area contributed by atoms with Crippen molar-refractivity contribution in [1.29, 1.82) is 0 Å². The summed E-state index contributed by atoms with van der Waals surface area (Å²) < 4.78 is 1.11. The van der Waals surface area contributed by atoms with Gasteiger partial charge in [0.2, 0.25) is 0 Å². The van der Waals surface area contributed by atoms with E-state index in [-0.39, 0.29) is 6.04 Å². The Labute approximate surface area is 120 Å². The molecule has 0 heterocycles. The van der Waals surface area contributed by atoms with Crippen molar-refractivity contribution in [2.24, 2.45) is 5.73 Å². The number of benzene rings is 1. The molecule has 102 valence electrons. The zero-order valence-electron chi connectivity index (χ0n) is 11.7. The van der Waals surface area contributed by atoms with Gasteiger partial charge < -0.3 is 10.6 Å². The third-order valence-corrected chi connectivity index (χ3v) is 4.00. The van der Waals surface area contributed by atoms with Crippen molar-refractivity contribution in [3.8, 4) is 0 Å². The first-order chi connectivity index (χ1) is 8.56. The van der Waals surface area contributed by atoms with Gasteiger partial charge in [0.1, 0.15) is 0 Å². The molecule has 0 radical (unpaired) electrons. The van der Waals surface area contributed by atoms with E-state index in [9.17, 15) is 0 Å². The summed E-state index contributed by atoms with van der Waals surface area (Å²) in [7, 11) is 0. The van der Waals surface area contributed by atoms with Crippen LogP contribution >= 0.6 is 15.9 Å². The lowest BCUT2D eigenvalue weighted by Gasteiger charge is -2.27. The number of nitrogens with two attached hydrogens (primary N) is 1. The summed E-state index contributed by atoms with van der Waals surface area (Å²) in [4.78, 5) is 2.50. The summed E-state index contributed by atoms with van der Waals surface area (Å²) in [6, 6.07) is 8.94. The summed E-state index contributed by atoms with van der Waals surface area (Å²) >= 11 is 3.57. The smallest absolute Gasteiger partial charge is 0.0318 e. The number of halogens is 1. The lowest BCUT2D eigenvalue weighted by molar-refractivity contribution is 0.214. The van der Waals surface area contributed by atoms with Gasteiger partial charge in [-0.1, -0.05) is 41.1 Å². The zero-order valence-corrected chi connectivity index (χ0v) is 13.3. The van der Waals surface area contributed by atoms with Crippen LogP contribution in [0.25, 0.3) is 0 Å². The molecule has 0 fully saturated rings. The van der Waals surface area contributed by atoms with Crippen molar-refractivity contribution in [1.82, 2.24) is 4.90 Å². The summed E-state index contributed by atoms with van der Waals surface area (Å²) in [6.07, 6.45) is 2.20. The zero-order chi connectivity index (χ0) is 13.5. The Bertz CT molecular complexity index is 352. The van der Waals surface area contributed by atoms with E-state index in [2.05, 4.69) is 53.7 Å². The largest absolute Gasteiger partial charge is 0.324 e. The second-order valence-corrected chi connectivity index (χ2v) is 5.90. The van der Waals surface area contributed by atoms with Crippen molar-refractivity contribution >= 4 is 15.9 Å². The molecule has 1 aromatic carbocycles. The average Bonchev–Trinajstić information content (AvgIpc) is 2.34. The Kier molecular flexibility index (Phi) is 6.90. The standard InChI is InChI=1S/C15H25BrN2/c1-4-10-18(12(2)3)11-9-15(17)13-7-5-6-8-14(13)16/h5-8,12,15H,4,9-11,17H2,1-3H3. The van der Waals surface area contributed by atoms with E-state index >= 15 is 0 Å². The molecule has 0 aromatic heterocycles. The third-order valence-electron chi connectivity index (χ3n) is 3.27. The van der Waals surface area contributed by atoms with Gasteiger partial charge in [-0.2, -0.15) is 0 Å². The maximum atomic E-state index is 6.28. The van der Waals surface area contributed by atoms with E-state index in [0.29, 0.717) is 6.04 Å². The highest BCUT2D eigenvalue weighted by Crippen LogP contribution is 2.23. The van der Waals surface area contributed by atoms with E-state index < -0.39 is 0 Å². The van der Waals surface area contributed by atoms with Gasteiger partial charge in [0, 0.05) is 23.1 Å². The van der Waals surface area contributed by atoms with Gasteiger partial charge in [-0.15, -0.1) is 0 Å². The van der Waals surface area contributed by atoms with Crippen LogP contribution in [0.2, 0.25) is 0 Å². The molecule has 0 spiro atoms. The van der Waals surface area contributed by atoms with Crippen LogP contribution in [0.5, 0.6) is 0 Å². The van der Waals surface area contributed by atoms with E-state index in [0.717, 1.165) is 24.0 Å². The van der Waals surface area contributed by atoms with Crippen molar-refractivity contribution in [3.05, 3.63) is 34.3 Å². The van der Waals surface area contributed by atoms with Gasteiger partial charge in [0.15, 0.2) is 0 Å². The van der Waals surface area contributed by atoms with Crippen LogP contribution in [0.1, 0.15) is 45.2 Å². The van der Waals surface area contributed by atoms with Crippen LogP contribution in [-0.2, 0) is 0 Å². The highest BCUT2D eigenvalue weighted by atomic mass is 79.9. The maximum Gasteiger partial charge on any atom is 0.0318 e. The van der Waals surface area contributed by atoms with Gasteiger partial charge in [-0.05, 0) is 44.9 Å². The molecule has 0 saturated carbocycles. The minimum absolute atomic E-state index is 0.110. The first-order valence-electron chi connectivity index (χ1n) is 6.80. The molecule has 3 heteroatoms. The minimum Gasteiger partial charge on any atom is -0.324 e. The molecule has 1 rings (SSSR count). The summed E-state index contributed by atoms with van der Waals surface area (Å²) in [5.74, 6) is 0. The second-order valence-electron chi connectivity index (χ2n) is 5.05. The highest BCUT2D eigenvalue weighted by Gasteiger charge is 2.13. The summed E-state index contributed by atoms with van der Waals surface area (Å²) in [6.45, 7) is 8.94. The van der Waals surface area contributed by atoms with Crippen LogP contribution in [-0.4, -0.2) is 24.0 Å². The van der Waals surface area contributed by atoms with Crippen LogP contribution < -0.4 is 5.73 Å². The number of rotatable bonds is 7. The lowest BCUT2D eigenvalue weighted by Crippen LogP contribution is -2.34. The first kappa shape index (κ1) is 15.7. The summed E-state index contributed by atoms with van der Waals surface area (Å²) in [5, 5.41) is 0. The molecule has 1 unspecified atom stereocenters. The predicted molar refractivity (Wildman–Crippen MR) is 82.7 cm³/mol. The van der Waals surface area contributed by atoms with Crippen molar-refractivity contribution in [2.45, 2.75) is 45.7 Å². The third kappa shape index (κ3) is 4.71. The van der Waals surface area contributed by atoms with Gasteiger partial charge in [-0.25, -0.2) is 0 Å². The van der Waals surface area contributed by atoms with Crippen LogP contribution in [0.15, 0.2) is 28.7 Å². The molecule has 1 atom stereocenters.